The molecule has 3 N–H and O–H groups in total. The van der Waals surface area contributed by atoms with Gasteiger partial charge in [-0.25, -0.2) is 0 Å². The smallest absolute Gasteiger partial charge is 0.288 e. The highest BCUT2D eigenvalue weighted by atomic mass is 35.5. The second-order valence-electron chi connectivity index (χ2n) is 3.31. The van der Waals surface area contributed by atoms with Crippen molar-refractivity contribution in [3.63, 3.8) is 0 Å². The molecule has 0 aliphatic heterocycles. The summed E-state index contributed by atoms with van der Waals surface area (Å²) in [5, 5.41) is 13.0. The van der Waals surface area contributed by atoms with E-state index in [1.165, 1.54) is 18.2 Å². The minimum absolute atomic E-state index is 0.0410. The van der Waals surface area contributed by atoms with E-state index in [2.05, 4.69) is 5.32 Å². The minimum atomic E-state index is -0.599. The monoisotopic (exact) mass is 273 g/mol. The summed E-state index contributed by atoms with van der Waals surface area (Å²) in [6.07, 6.45) is 0. The maximum Gasteiger partial charge on any atom is 0.288 e. The molecule has 0 aromatic heterocycles. The maximum absolute atomic E-state index is 11.4. The highest BCUT2D eigenvalue weighted by molar-refractivity contribution is 6.33. The Kier molecular flexibility index (Phi) is 5.50. The lowest BCUT2D eigenvalue weighted by Crippen LogP contribution is -2.20. The molecular formula is C10H12ClN3O4. The molecule has 1 aromatic rings. The van der Waals surface area contributed by atoms with Gasteiger partial charge in [-0.1, -0.05) is 11.6 Å². The van der Waals surface area contributed by atoms with Gasteiger partial charge < -0.3 is 15.8 Å². The Labute approximate surface area is 108 Å². The quantitative estimate of drug-likeness (QED) is 0.459. The third-order valence-corrected chi connectivity index (χ3v) is 2.23. The van der Waals surface area contributed by atoms with E-state index in [9.17, 15) is 14.9 Å². The van der Waals surface area contributed by atoms with Crippen LogP contribution in [0, 0.1) is 10.1 Å². The lowest BCUT2D eigenvalue weighted by atomic mass is 10.3. The number of amides is 1. The summed E-state index contributed by atoms with van der Waals surface area (Å²) in [5.41, 5.74) is 5.35. The SMILES string of the molecule is NCCOCC(=O)Nc1ccc([N+](=O)[O-])c(Cl)c1. The summed E-state index contributed by atoms with van der Waals surface area (Å²) in [6, 6.07) is 3.92. The second kappa shape index (κ2) is 6.90. The van der Waals surface area contributed by atoms with Crippen molar-refractivity contribution >= 4 is 28.9 Å². The molecule has 0 heterocycles. The molecule has 0 aliphatic carbocycles. The molecule has 0 saturated heterocycles. The number of anilines is 1. The number of nitrogens with two attached hydrogens (primary N) is 1. The fraction of sp³-hybridized carbons (Fsp3) is 0.300. The second-order valence-corrected chi connectivity index (χ2v) is 3.72. The van der Waals surface area contributed by atoms with Crippen molar-refractivity contribution in [1.29, 1.82) is 0 Å². The fourth-order valence-electron chi connectivity index (χ4n) is 1.18. The number of hydrogen-bond donors (Lipinski definition) is 2. The molecule has 8 heteroatoms. The zero-order valence-electron chi connectivity index (χ0n) is 9.39. The van der Waals surface area contributed by atoms with Gasteiger partial charge in [0.25, 0.3) is 5.69 Å². The first-order valence-electron chi connectivity index (χ1n) is 5.06. The Morgan fingerprint density at radius 3 is 2.83 bits per heavy atom. The summed E-state index contributed by atoms with van der Waals surface area (Å²) in [7, 11) is 0. The number of carbonyl (C=O) groups is 1. The number of rotatable bonds is 6. The van der Waals surface area contributed by atoms with E-state index in [1.807, 2.05) is 0 Å². The molecule has 0 atom stereocenters. The standard InChI is InChI=1S/C10H12ClN3O4/c11-8-5-7(1-2-9(8)14(16)17)13-10(15)6-18-4-3-12/h1-2,5H,3-4,6,12H2,(H,13,15). The molecule has 0 unspecified atom stereocenters. The molecule has 18 heavy (non-hydrogen) atoms. The van der Waals surface area contributed by atoms with Crippen LogP contribution in [-0.2, 0) is 9.53 Å². The zero-order valence-corrected chi connectivity index (χ0v) is 10.1. The van der Waals surface area contributed by atoms with Crippen molar-refractivity contribution < 1.29 is 14.5 Å². The van der Waals surface area contributed by atoms with Crippen molar-refractivity contribution in [2.75, 3.05) is 25.1 Å². The summed E-state index contributed by atoms with van der Waals surface area (Å²) in [4.78, 5) is 21.3. The number of carbonyl (C=O) groups excluding carboxylic acids is 1. The number of benzene rings is 1. The van der Waals surface area contributed by atoms with Gasteiger partial charge in [0.05, 0.1) is 11.5 Å². The molecule has 0 saturated carbocycles. The lowest BCUT2D eigenvalue weighted by Gasteiger charge is -2.06. The summed E-state index contributed by atoms with van der Waals surface area (Å²) in [6.45, 7) is 0.483. The molecule has 1 rings (SSSR count). The summed E-state index contributed by atoms with van der Waals surface area (Å²) >= 11 is 5.69. The first-order chi connectivity index (χ1) is 8.54. The van der Waals surface area contributed by atoms with Crippen molar-refractivity contribution in [2.45, 2.75) is 0 Å². The van der Waals surface area contributed by atoms with Crippen LogP contribution in [0.25, 0.3) is 0 Å². The van der Waals surface area contributed by atoms with E-state index < -0.39 is 4.92 Å². The number of nitro groups is 1. The predicted molar refractivity (Wildman–Crippen MR) is 66.6 cm³/mol. The van der Waals surface area contributed by atoms with Crippen molar-refractivity contribution in [3.8, 4) is 0 Å². The van der Waals surface area contributed by atoms with Crippen LogP contribution in [0.2, 0.25) is 5.02 Å². The average molecular weight is 274 g/mol. The van der Waals surface area contributed by atoms with Crippen LogP contribution in [0.4, 0.5) is 11.4 Å². The number of ether oxygens (including phenoxy) is 1. The van der Waals surface area contributed by atoms with Crippen LogP contribution in [0.3, 0.4) is 0 Å². The average Bonchev–Trinajstić information content (AvgIpc) is 2.28. The Balaban J connectivity index is 2.60. The van der Waals surface area contributed by atoms with Gasteiger partial charge in [-0.05, 0) is 12.1 Å². The van der Waals surface area contributed by atoms with Crippen LogP contribution >= 0.6 is 11.6 Å². The normalized spacial score (nSPS) is 10.1. The Morgan fingerprint density at radius 2 is 2.28 bits per heavy atom. The van der Waals surface area contributed by atoms with Crippen molar-refractivity contribution in [1.82, 2.24) is 0 Å². The van der Waals surface area contributed by atoms with E-state index in [0.29, 0.717) is 12.2 Å². The molecule has 0 radical (unpaired) electrons. The minimum Gasteiger partial charge on any atom is -0.370 e. The molecule has 0 aliphatic rings. The van der Waals surface area contributed by atoms with Gasteiger partial charge in [0, 0.05) is 18.3 Å². The largest absolute Gasteiger partial charge is 0.370 e. The molecular weight excluding hydrogens is 262 g/mol. The van der Waals surface area contributed by atoms with Gasteiger partial charge in [-0.15, -0.1) is 0 Å². The first-order valence-corrected chi connectivity index (χ1v) is 5.44. The summed E-state index contributed by atoms with van der Waals surface area (Å²) < 4.78 is 4.93. The summed E-state index contributed by atoms with van der Waals surface area (Å²) in [5.74, 6) is -0.381. The van der Waals surface area contributed by atoms with E-state index in [1.54, 1.807) is 0 Å². The zero-order chi connectivity index (χ0) is 13.5. The van der Waals surface area contributed by atoms with Gasteiger partial charge >= 0.3 is 0 Å². The van der Waals surface area contributed by atoms with Crippen LogP contribution < -0.4 is 11.1 Å². The molecule has 98 valence electrons. The topological polar surface area (TPSA) is 107 Å². The van der Waals surface area contributed by atoms with E-state index >= 15 is 0 Å². The van der Waals surface area contributed by atoms with Crippen LogP contribution in [0.5, 0.6) is 0 Å². The van der Waals surface area contributed by atoms with Crippen LogP contribution in [-0.4, -0.2) is 30.6 Å². The fourth-order valence-corrected chi connectivity index (χ4v) is 1.43. The number of nitrogens with one attached hydrogen (secondary N) is 1. The number of halogens is 1. The molecule has 1 amide bonds. The Morgan fingerprint density at radius 1 is 1.56 bits per heavy atom. The van der Waals surface area contributed by atoms with Crippen LogP contribution in [0.1, 0.15) is 0 Å². The highest BCUT2D eigenvalue weighted by Crippen LogP contribution is 2.27. The van der Waals surface area contributed by atoms with Crippen molar-refractivity contribution in [2.24, 2.45) is 5.73 Å². The Bertz CT molecular complexity index is 453. The van der Waals surface area contributed by atoms with Gasteiger partial charge in [-0.2, -0.15) is 0 Å². The molecule has 1 aromatic carbocycles. The van der Waals surface area contributed by atoms with E-state index in [4.69, 9.17) is 22.1 Å². The highest BCUT2D eigenvalue weighted by Gasteiger charge is 2.12. The third kappa shape index (κ3) is 4.28. The van der Waals surface area contributed by atoms with Gasteiger partial charge in [0.2, 0.25) is 5.91 Å². The Hall–Kier alpha value is -1.70. The molecule has 0 bridgehead atoms. The van der Waals surface area contributed by atoms with E-state index in [0.717, 1.165) is 0 Å². The third-order valence-electron chi connectivity index (χ3n) is 1.92. The van der Waals surface area contributed by atoms with Gasteiger partial charge in [0.1, 0.15) is 11.6 Å². The van der Waals surface area contributed by atoms with Gasteiger partial charge in [0.15, 0.2) is 0 Å². The predicted octanol–water partition coefficient (Wildman–Crippen LogP) is 1.16. The number of nitro benzene ring substituents is 1. The van der Waals surface area contributed by atoms with Crippen molar-refractivity contribution in [3.05, 3.63) is 33.3 Å². The molecule has 0 fully saturated rings. The van der Waals surface area contributed by atoms with Gasteiger partial charge in [-0.3, -0.25) is 14.9 Å². The van der Waals surface area contributed by atoms with E-state index in [-0.39, 0.29) is 29.8 Å². The maximum atomic E-state index is 11.4. The lowest BCUT2D eigenvalue weighted by molar-refractivity contribution is -0.384. The van der Waals surface area contributed by atoms with Crippen LogP contribution in [0.15, 0.2) is 18.2 Å². The number of hydrogen-bond acceptors (Lipinski definition) is 5. The molecule has 0 spiro atoms. The number of nitrogens with zero attached hydrogens (tertiary/aromatic N) is 1. The first kappa shape index (κ1) is 14.4. The molecule has 7 nitrogen and oxygen atoms in total.